The smallest absolute Gasteiger partial charge is 0.241 e. The molecular weight excluding hydrogens is 338 g/mol. The van der Waals surface area contributed by atoms with Crippen molar-refractivity contribution in [2.45, 2.75) is 30.4 Å². The highest BCUT2D eigenvalue weighted by Gasteiger charge is 2.34. The van der Waals surface area contributed by atoms with Crippen LogP contribution in [0.1, 0.15) is 23.7 Å². The highest BCUT2D eigenvalue weighted by molar-refractivity contribution is 7.89. The zero-order valence-corrected chi connectivity index (χ0v) is 14.4. The Labute approximate surface area is 140 Å². The lowest BCUT2D eigenvalue weighted by atomic mass is 10.1. The fraction of sp³-hybridized carbons (Fsp3) is 0.400. The van der Waals surface area contributed by atoms with Gasteiger partial charge in [0, 0.05) is 30.4 Å². The first-order chi connectivity index (χ1) is 10.9. The van der Waals surface area contributed by atoms with E-state index in [1.807, 2.05) is 13.2 Å². The van der Waals surface area contributed by atoms with Crippen molar-refractivity contribution in [3.05, 3.63) is 46.7 Å². The van der Waals surface area contributed by atoms with Crippen molar-refractivity contribution in [3.63, 3.8) is 0 Å². The molecule has 0 radical (unpaired) electrons. The minimum Gasteiger partial charge on any atom is -0.372 e. The number of halogens is 1. The third kappa shape index (κ3) is 3.28. The number of aryl methyl sites for hydroxylation is 1. The van der Waals surface area contributed by atoms with Crippen LogP contribution in [-0.4, -0.2) is 30.8 Å². The molecule has 1 saturated heterocycles. The molecule has 0 unspecified atom stereocenters. The van der Waals surface area contributed by atoms with Gasteiger partial charge in [0.05, 0.1) is 17.1 Å². The van der Waals surface area contributed by atoms with Gasteiger partial charge >= 0.3 is 0 Å². The molecule has 1 aliphatic rings. The normalized spacial score (nSPS) is 21.7. The number of nitrogens with one attached hydrogen (secondary N) is 1. The van der Waals surface area contributed by atoms with Gasteiger partial charge in [-0.25, -0.2) is 13.1 Å². The molecule has 0 spiro atoms. The summed E-state index contributed by atoms with van der Waals surface area (Å²) in [5, 5.41) is 4.55. The Balaban J connectivity index is 1.86. The number of aromatic nitrogens is 2. The summed E-state index contributed by atoms with van der Waals surface area (Å²) in [7, 11) is -1.86. The van der Waals surface area contributed by atoms with Crippen molar-refractivity contribution in [3.8, 4) is 0 Å². The van der Waals surface area contributed by atoms with Gasteiger partial charge < -0.3 is 4.74 Å². The number of ether oxygens (including phenoxy) is 1. The SMILES string of the molecule is Cc1c(Cl)cccc1S(=O)(=O)N[C@H]1CCO[C@@H]1c1cnn(C)c1. The molecule has 0 bridgehead atoms. The highest BCUT2D eigenvalue weighted by Crippen LogP contribution is 2.31. The number of sulfonamides is 1. The highest BCUT2D eigenvalue weighted by atomic mass is 35.5. The second-order valence-corrected chi connectivity index (χ2v) is 7.71. The Morgan fingerprint density at radius 1 is 1.43 bits per heavy atom. The molecule has 6 nitrogen and oxygen atoms in total. The molecule has 0 amide bonds. The maximum atomic E-state index is 12.7. The van der Waals surface area contributed by atoms with Crippen LogP contribution in [0.4, 0.5) is 0 Å². The topological polar surface area (TPSA) is 73.2 Å². The van der Waals surface area contributed by atoms with E-state index in [1.54, 1.807) is 36.0 Å². The van der Waals surface area contributed by atoms with Gasteiger partial charge in [-0.2, -0.15) is 5.10 Å². The lowest BCUT2D eigenvalue weighted by molar-refractivity contribution is 0.102. The molecule has 124 valence electrons. The fourth-order valence-electron chi connectivity index (χ4n) is 2.77. The van der Waals surface area contributed by atoms with Crippen LogP contribution in [0, 0.1) is 6.92 Å². The van der Waals surface area contributed by atoms with Crippen molar-refractivity contribution < 1.29 is 13.2 Å². The monoisotopic (exact) mass is 355 g/mol. The molecule has 1 fully saturated rings. The molecule has 2 heterocycles. The van der Waals surface area contributed by atoms with Crippen LogP contribution >= 0.6 is 11.6 Å². The molecule has 2 atom stereocenters. The fourth-order valence-corrected chi connectivity index (χ4v) is 4.54. The van der Waals surface area contributed by atoms with E-state index in [9.17, 15) is 8.42 Å². The van der Waals surface area contributed by atoms with Crippen molar-refractivity contribution in [1.82, 2.24) is 14.5 Å². The van der Waals surface area contributed by atoms with Gasteiger partial charge in [0.2, 0.25) is 10.0 Å². The molecule has 3 rings (SSSR count). The quantitative estimate of drug-likeness (QED) is 0.912. The van der Waals surface area contributed by atoms with Crippen LogP contribution in [0.15, 0.2) is 35.5 Å². The third-order valence-electron chi connectivity index (χ3n) is 3.96. The first-order valence-corrected chi connectivity index (χ1v) is 9.12. The summed E-state index contributed by atoms with van der Waals surface area (Å²) in [6.07, 6.45) is 3.81. The van der Waals surface area contributed by atoms with E-state index >= 15 is 0 Å². The van der Waals surface area contributed by atoms with Gasteiger partial charge in [0.25, 0.3) is 0 Å². The average Bonchev–Trinajstić information content (AvgIpc) is 3.10. The van der Waals surface area contributed by atoms with Crippen LogP contribution in [-0.2, 0) is 21.8 Å². The molecule has 1 aromatic heterocycles. The van der Waals surface area contributed by atoms with E-state index in [0.29, 0.717) is 23.6 Å². The van der Waals surface area contributed by atoms with E-state index in [4.69, 9.17) is 16.3 Å². The third-order valence-corrected chi connectivity index (χ3v) is 6.00. The molecule has 1 N–H and O–H groups in total. The Morgan fingerprint density at radius 3 is 2.91 bits per heavy atom. The summed E-state index contributed by atoms with van der Waals surface area (Å²) in [4.78, 5) is 0.196. The van der Waals surface area contributed by atoms with Crippen molar-refractivity contribution >= 4 is 21.6 Å². The molecular formula is C15H18ClN3O3S. The van der Waals surface area contributed by atoms with Gasteiger partial charge in [-0.1, -0.05) is 17.7 Å². The zero-order valence-electron chi connectivity index (χ0n) is 12.9. The zero-order chi connectivity index (χ0) is 16.6. The van der Waals surface area contributed by atoms with Crippen LogP contribution in [0.3, 0.4) is 0 Å². The van der Waals surface area contributed by atoms with Crippen molar-refractivity contribution in [2.75, 3.05) is 6.61 Å². The number of hydrogen-bond acceptors (Lipinski definition) is 4. The Hall–Kier alpha value is -1.41. The van der Waals surface area contributed by atoms with E-state index in [0.717, 1.165) is 5.56 Å². The molecule has 0 saturated carbocycles. The van der Waals surface area contributed by atoms with Crippen LogP contribution in [0.2, 0.25) is 5.02 Å². The van der Waals surface area contributed by atoms with Crippen molar-refractivity contribution in [1.29, 1.82) is 0 Å². The van der Waals surface area contributed by atoms with Gasteiger partial charge in [0.1, 0.15) is 6.10 Å². The molecule has 1 aliphatic heterocycles. The van der Waals surface area contributed by atoms with E-state index in [1.165, 1.54) is 0 Å². The Morgan fingerprint density at radius 2 is 2.22 bits per heavy atom. The molecule has 1 aromatic carbocycles. The Bertz CT molecular complexity index is 819. The first-order valence-electron chi connectivity index (χ1n) is 7.26. The molecule has 0 aliphatic carbocycles. The molecule has 8 heteroatoms. The number of hydrogen-bond donors (Lipinski definition) is 1. The number of rotatable bonds is 4. The van der Waals surface area contributed by atoms with E-state index < -0.39 is 10.0 Å². The van der Waals surface area contributed by atoms with E-state index in [2.05, 4.69) is 9.82 Å². The summed E-state index contributed by atoms with van der Waals surface area (Å²) in [5.41, 5.74) is 1.40. The predicted molar refractivity (Wildman–Crippen MR) is 86.8 cm³/mol. The molecule has 23 heavy (non-hydrogen) atoms. The minimum absolute atomic E-state index is 0.196. The lowest BCUT2D eigenvalue weighted by Gasteiger charge is -2.19. The maximum Gasteiger partial charge on any atom is 0.241 e. The maximum absolute atomic E-state index is 12.7. The minimum atomic E-state index is -3.67. The predicted octanol–water partition coefficient (Wildman–Crippen LogP) is 2.19. The van der Waals surface area contributed by atoms with Gasteiger partial charge in [-0.05, 0) is 31.0 Å². The summed E-state index contributed by atoms with van der Waals surface area (Å²) < 4.78 is 35.5. The second kappa shape index (κ2) is 6.24. The summed E-state index contributed by atoms with van der Waals surface area (Å²) >= 11 is 6.04. The van der Waals surface area contributed by atoms with Crippen molar-refractivity contribution in [2.24, 2.45) is 7.05 Å². The second-order valence-electron chi connectivity index (χ2n) is 5.62. The number of benzene rings is 1. The average molecular weight is 356 g/mol. The Kier molecular flexibility index (Phi) is 4.46. The molecule has 2 aromatic rings. The van der Waals surface area contributed by atoms with Gasteiger partial charge in [0.15, 0.2) is 0 Å². The van der Waals surface area contributed by atoms with Crippen LogP contribution < -0.4 is 4.72 Å². The number of nitrogens with zero attached hydrogens (tertiary/aromatic N) is 2. The van der Waals surface area contributed by atoms with E-state index in [-0.39, 0.29) is 17.0 Å². The lowest BCUT2D eigenvalue weighted by Crippen LogP contribution is -2.37. The van der Waals surface area contributed by atoms with Crippen LogP contribution in [0.5, 0.6) is 0 Å². The largest absolute Gasteiger partial charge is 0.372 e. The van der Waals surface area contributed by atoms with Crippen LogP contribution in [0.25, 0.3) is 0 Å². The standard InChI is InChI=1S/C15H18ClN3O3S/c1-10-12(16)4-3-5-14(10)23(20,21)18-13-6-7-22-15(13)11-8-17-19(2)9-11/h3-5,8-9,13,15,18H,6-7H2,1-2H3/t13-,15+/m0/s1. The summed E-state index contributed by atoms with van der Waals surface area (Å²) in [5.74, 6) is 0. The first kappa shape index (κ1) is 16.4. The van der Waals surface area contributed by atoms with Gasteiger partial charge in [-0.15, -0.1) is 0 Å². The summed E-state index contributed by atoms with van der Waals surface area (Å²) in [6, 6.07) is 4.53. The summed E-state index contributed by atoms with van der Waals surface area (Å²) in [6.45, 7) is 2.20. The van der Waals surface area contributed by atoms with Gasteiger partial charge in [-0.3, -0.25) is 4.68 Å².